The molecule has 0 bridgehead atoms. The maximum Gasteiger partial charge on any atom is 0.269 e. The van der Waals surface area contributed by atoms with E-state index < -0.39 is 14.9 Å². The van der Waals surface area contributed by atoms with Gasteiger partial charge in [0, 0.05) is 17.8 Å². The Labute approximate surface area is 191 Å². The molecule has 0 aliphatic heterocycles. The van der Waals surface area contributed by atoms with Gasteiger partial charge in [0.2, 0.25) is 5.75 Å². The molecule has 0 spiro atoms. The molecule has 0 amide bonds. The molecule has 0 unspecified atom stereocenters. The number of non-ortho nitro benzene ring substituents is 1. The number of nitro benzene ring substituents is 1. The fourth-order valence-corrected chi connectivity index (χ4v) is 4.07. The average molecular weight is 471 g/mol. The van der Waals surface area contributed by atoms with Crippen LogP contribution in [-0.4, -0.2) is 34.7 Å². The van der Waals surface area contributed by atoms with E-state index in [1.54, 1.807) is 38.5 Å². The predicted octanol–water partition coefficient (Wildman–Crippen LogP) is 4.59. The zero-order valence-corrected chi connectivity index (χ0v) is 19.0. The van der Waals surface area contributed by atoms with Gasteiger partial charge in [0.15, 0.2) is 11.5 Å². The topological polar surface area (TPSA) is 117 Å². The molecule has 1 N–H and O–H groups in total. The van der Waals surface area contributed by atoms with Crippen LogP contribution in [0.5, 0.6) is 17.2 Å². The molecular formula is C23H22N2O7S. The second-order valence-corrected chi connectivity index (χ2v) is 8.45. The van der Waals surface area contributed by atoms with Gasteiger partial charge in [-0.05, 0) is 47.5 Å². The highest BCUT2D eigenvalue weighted by Gasteiger charge is 2.16. The van der Waals surface area contributed by atoms with Gasteiger partial charge < -0.3 is 14.2 Å². The molecule has 0 atom stereocenters. The summed E-state index contributed by atoms with van der Waals surface area (Å²) in [5.41, 5.74) is 1.84. The molecule has 0 fully saturated rings. The van der Waals surface area contributed by atoms with Crippen molar-refractivity contribution in [3.63, 3.8) is 0 Å². The van der Waals surface area contributed by atoms with Crippen molar-refractivity contribution in [1.29, 1.82) is 0 Å². The second kappa shape index (κ2) is 10.0. The van der Waals surface area contributed by atoms with Crippen LogP contribution in [0.15, 0.2) is 65.6 Å². The summed E-state index contributed by atoms with van der Waals surface area (Å²) in [4.78, 5) is 10.1. The maximum atomic E-state index is 12.5. The van der Waals surface area contributed by atoms with Crippen LogP contribution >= 0.6 is 0 Å². The van der Waals surface area contributed by atoms with Crippen molar-refractivity contribution in [2.24, 2.45) is 0 Å². The molecule has 0 aromatic heterocycles. The Morgan fingerprint density at radius 3 is 1.85 bits per heavy atom. The first-order chi connectivity index (χ1) is 15.8. The number of benzene rings is 3. The zero-order chi connectivity index (χ0) is 24.0. The van der Waals surface area contributed by atoms with Crippen molar-refractivity contribution in [2.75, 3.05) is 26.1 Å². The highest BCUT2D eigenvalue weighted by atomic mass is 32.2. The summed E-state index contributed by atoms with van der Waals surface area (Å²) < 4.78 is 43.5. The average Bonchev–Trinajstić information content (AvgIpc) is 2.82. The van der Waals surface area contributed by atoms with Crippen LogP contribution < -0.4 is 18.9 Å². The number of rotatable bonds is 9. The van der Waals surface area contributed by atoms with Gasteiger partial charge >= 0.3 is 0 Å². The van der Waals surface area contributed by atoms with Crippen molar-refractivity contribution in [3.05, 3.63) is 81.9 Å². The van der Waals surface area contributed by atoms with E-state index in [0.29, 0.717) is 22.9 Å². The third kappa shape index (κ3) is 5.60. The largest absolute Gasteiger partial charge is 0.493 e. The molecule has 0 aliphatic carbocycles. The number of nitrogens with one attached hydrogen (secondary N) is 1. The second-order valence-electron chi connectivity index (χ2n) is 6.77. The first-order valence-electron chi connectivity index (χ1n) is 9.63. The van der Waals surface area contributed by atoms with Gasteiger partial charge in [-0.3, -0.25) is 14.8 Å². The summed E-state index contributed by atoms with van der Waals surface area (Å²) in [6, 6.07) is 15.0. The molecule has 3 aromatic rings. The van der Waals surface area contributed by atoms with E-state index in [2.05, 4.69) is 4.72 Å². The van der Waals surface area contributed by atoms with Crippen molar-refractivity contribution in [1.82, 2.24) is 0 Å². The van der Waals surface area contributed by atoms with E-state index in [9.17, 15) is 18.5 Å². The minimum absolute atomic E-state index is 0.0699. The summed E-state index contributed by atoms with van der Waals surface area (Å²) in [6.07, 6.45) is 3.72. The van der Waals surface area contributed by atoms with E-state index >= 15 is 0 Å². The lowest BCUT2D eigenvalue weighted by molar-refractivity contribution is -0.384. The van der Waals surface area contributed by atoms with Crippen molar-refractivity contribution in [2.45, 2.75) is 4.90 Å². The zero-order valence-electron chi connectivity index (χ0n) is 18.1. The number of sulfonamides is 1. The molecule has 0 heterocycles. The molecule has 0 saturated carbocycles. The van der Waals surface area contributed by atoms with Crippen molar-refractivity contribution < 1.29 is 27.6 Å². The molecule has 3 aromatic carbocycles. The van der Waals surface area contributed by atoms with Gasteiger partial charge in [-0.15, -0.1) is 0 Å². The van der Waals surface area contributed by atoms with Gasteiger partial charge in [-0.2, -0.15) is 0 Å². The number of nitrogens with zero attached hydrogens (tertiary/aromatic N) is 1. The summed E-state index contributed by atoms with van der Waals surface area (Å²) >= 11 is 0. The summed E-state index contributed by atoms with van der Waals surface area (Å²) in [6.45, 7) is 0. The van der Waals surface area contributed by atoms with Crippen LogP contribution in [0.3, 0.4) is 0 Å². The number of hydrogen-bond donors (Lipinski definition) is 1. The van der Waals surface area contributed by atoms with Crippen LogP contribution in [0, 0.1) is 10.1 Å². The van der Waals surface area contributed by atoms with E-state index in [1.807, 2.05) is 24.3 Å². The Hall–Kier alpha value is -4.05. The Kier molecular flexibility index (Phi) is 7.19. The number of hydrogen-bond acceptors (Lipinski definition) is 7. The Balaban J connectivity index is 1.75. The molecule has 10 heteroatoms. The Morgan fingerprint density at radius 2 is 1.36 bits per heavy atom. The normalized spacial score (nSPS) is 11.2. The number of nitro groups is 1. The van der Waals surface area contributed by atoms with Crippen LogP contribution in [0.1, 0.15) is 11.1 Å². The van der Waals surface area contributed by atoms with Crippen LogP contribution in [0.2, 0.25) is 0 Å². The van der Waals surface area contributed by atoms with Gasteiger partial charge in [0.1, 0.15) is 0 Å². The molecule has 172 valence electrons. The van der Waals surface area contributed by atoms with E-state index in [0.717, 1.165) is 23.3 Å². The third-order valence-corrected chi connectivity index (χ3v) is 6.07. The quantitative estimate of drug-likeness (QED) is 0.276. The number of anilines is 1. The van der Waals surface area contributed by atoms with E-state index in [1.165, 1.54) is 19.2 Å². The first-order valence-corrected chi connectivity index (χ1v) is 11.1. The minimum Gasteiger partial charge on any atom is -0.493 e. The van der Waals surface area contributed by atoms with Crippen molar-refractivity contribution in [3.8, 4) is 17.2 Å². The van der Waals surface area contributed by atoms with Gasteiger partial charge in [-0.1, -0.05) is 24.3 Å². The molecule has 9 nitrogen and oxygen atoms in total. The first kappa shape index (κ1) is 23.6. The van der Waals surface area contributed by atoms with E-state index in [4.69, 9.17) is 14.2 Å². The minimum atomic E-state index is -3.88. The maximum absolute atomic E-state index is 12.5. The summed E-state index contributed by atoms with van der Waals surface area (Å²) in [5.74, 6) is 1.57. The van der Waals surface area contributed by atoms with Crippen LogP contribution in [0.4, 0.5) is 11.4 Å². The summed E-state index contributed by atoms with van der Waals surface area (Å²) in [7, 11) is 0.745. The fraction of sp³-hybridized carbons (Fsp3) is 0.130. The summed E-state index contributed by atoms with van der Waals surface area (Å²) in [5, 5.41) is 10.7. The molecular weight excluding hydrogens is 448 g/mol. The standard InChI is InChI=1S/C23H22N2O7S/c1-30-21-14-17(15-22(31-2)23(21)32-3)5-4-16-6-8-18(9-7-16)24-33(28,29)20-12-10-19(11-13-20)25(26)27/h4-15,24H,1-3H3. The highest BCUT2D eigenvalue weighted by molar-refractivity contribution is 7.92. The molecule has 0 aliphatic rings. The number of ether oxygens (including phenoxy) is 3. The highest BCUT2D eigenvalue weighted by Crippen LogP contribution is 2.38. The van der Waals surface area contributed by atoms with Gasteiger partial charge in [0.05, 0.1) is 31.1 Å². The van der Waals surface area contributed by atoms with Crippen LogP contribution in [-0.2, 0) is 10.0 Å². The monoisotopic (exact) mass is 470 g/mol. The third-order valence-electron chi connectivity index (χ3n) is 4.68. The molecule has 33 heavy (non-hydrogen) atoms. The SMILES string of the molecule is COc1cc(C=Cc2ccc(NS(=O)(=O)c3ccc([N+](=O)[O-])cc3)cc2)cc(OC)c1OC. The predicted molar refractivity (Wildman–Crippen MR) is 125 cm³/mol. The molecule has 3 rings (SSSR count). The van der Waals surface area contributed by atoms with Crippen molar-refractivity contribution >= 4 is 33.6 Å². The Morgan fingerprint density at radius 1 is 0.818 bits per heavy atom. The van der Waals surface area contributed by atoms with Gasteiger partial charge in [-0.25, -0.2) is 8.42 Å². The number of methoxy groups -OCH3 is 3. The fourth-order valence-electron chi connectivity index (χ4n) is 3.01. The molecule has 0 radical (unpaired) electrons. The lowest BCUT2D eigenvalue weighted by atomic mass is 10.1. The Bertz CT molecular complexity index is 1240. The lowest BCUT2D eigenvalue weighted by Crippen LogP contribution is -2.12. The van der Waals surface area contributed by atoms with E-state index in [-0.39, 0.29) is 10.6 Å². The molecule has 0 saturated heterocycles. The smallest absolute Gasteiger partial charge is 0.269 e. The van der Waals surface area contributed by atoms with Gasteiger partial charge in [0.25, 0.3) is 15.7 Å². The lowest BCUT2D eigenvalue weighted by Gasteiger charge is -2.12. The van der Waals surface area contributed by atoms with Crippen LogP contribution in [0.25, 0.3) is 12.2 Å².